The van der Waals surface area contributed by atoms with Crippen molar-refractivity contribution in [2.75, 3.05) is 12.4 Å². The molecule has 0 unspecified atom stereocenters. The number of ether oxygens (including phenoxy) is 1. The lowest BCUT2D eigenvalue weighted by Gasteiger charge is -2.27. The van der Waals surface area contributed by atoms with Gasteiger partial charge in [0.15, 0.2) is 3.95 Å². The SMILES string of the molecule is COc1ccc([C@@H]2NC(=O)c3sc(=S)n(-c4ccccc4)c3N2)cc1. The van der Waals surface area contributed by atoms with E-state index < -0.39 is 0 Å². The summed E-state index contributed by atoms with van der Waals surface area (Å²) in [5.41, 5.74) is 1.87. The number of methoxy groups -OCH3 is 1. The Kier molecular flexibility index (Phi) is 4.03. The van der Waals surface area contributed by atoms with Gasteiger partial charge in [0, 0.05) is 5.69 Å². The first-order valence-corrected chi connectivity index (χ1v) is 8.92. The van der Waals surface area contributed by atoms with Crippen molar-refractivity contribution in [2.24, 2.45) is 0 Å². The molecule has 25 heavy (non-hydrogen) atoms. The zero-order valence-corrected chi connectivity index (χ0v) is 15.0. The minimum absolute atomic E-state index is 0.125. The summed E-state index contributed by atoms with van der Waals surface area (Å²) in [7, 11) is 1.63. The number of rotatable bonds is 3. The maximum Gasteiger partial charge on any atom is 0.267 e. The Bertz CT molecular complexity index is 978. The third-order valence-electron chi connectivity index (χ3n) is 4.04. The number of aromatic nitrogens is 1. The van der Waals surface area contributed by atoms with E-state index in [9.17, 15) is 4.79 Å². The van der Waals surface area contributed by atoms with Crippen LogP contribution in [0.15, 0.2) is 54.6 Å². The number of anilines is 1. The van der Waals surface area contributed by atoms with E-state index in [1.807, 2.05) is 59.2 Å². The molecule has 0 saturated carbocycles. The van der Waals surface area contributed by atoms with Crippen molar-refractivity contribution in [3.05, 3.63) is 69.0 Å². The van der Waals surface area contributed by atoms with E-state index in [-0.39, 0.29) is 12.1 Å². The first kappa shape index (κ1) is 15.9. The smallest absolute Gasteiger partial charge is 0.267 e. The maximum atomic E-state index is 12.6. The molecule has 1 aliphatic rings. The fourth-order valence-corrected chi connectivity index (χ4v) is 4.11. The van der Waals surface area contributed by atoms with Gasteiger partial charge in [-0.3, -0.25) is 9.36 Å². The van der Waals surface area contributed by atoms with Crippen LogP contribution in [-0.2, 0) is 0 Å². The number of nitrogens with one attached hydrogen (secondary N) is 2. The van der Waals surface area contributed by atoms with Crippen LogP contribution in [0, 0.1) is 3.95 Å². The van der Waals surface area contributed by atoms with Gasteiger partial charge in [0.25, 0.3) is 5.91 Å². The molecular weight excluding hydrogens is 354 g/mol. The number of benzene rings is 2. The van der Waals surface area contributed by atoms with Crippen molar-refractivity contribution in [3.63, 3.8) is 0 Å². The first-order chi connectivity index (χ1) is 12.2. The molecule has 0 radical (unpaired) electrons. The third kappa shape index (κ3) is 2.81. The lowest BCUT2D eigenvalue weighted by atomic mass is 10.1. The molecule has 1 aromatic heterocycles. The van der Waals surface area contributed by atoms with E-state index in [2.05, 4.69) is 10.6 Å². The molecule has 2 aromatic carbocycles. The second kappa shape index (κ2) is 6.34. The molecule has 4 rings (SSSR count). The predicted octanol–water partition coefficient (Wildman–Crippen LogP) is 4.13. The Morgan fingerprint density at radius 3 is 2.48 bits per heavy atom. The number of fused-ring (bicyclic) bond motifs is 1. The van der Waals surface area contributed by atoms with Crippen molar-refractivity contribution in [2.45, 2.75) is 6.17 Å². The largest absolute Gasteiger partial charge is 0.497 e. The molecule has 0 aliphatic carbocycles. The summed E-state index contributed by atoms with van der Waals surface area (Å²) in [5, 5.41) is 6.38. The monoisotopic (exact) mass is 369 g/mol. The molecule has 5 nitrogen and oxygen atoms in total. The minimum Gasteiger partial charge on any atom is -0.497 e. The Hall–Kier alpha value is -2.64. The van der Waals surface area contributed by atoms with Crippen LogP contribution in [0.3, 0.4) is 0 Å². The van der Waals surface area contributed by atoms with Gasteiger partial charge in [-0.2, -0.15) is 0 Å². The van der Waals surface area contributed by atoms with Crippen LogP contribution in [0.2, 0.25) is 0 Å². The molecular formula is C18H15N3O2S2. The average molecular weight is 369 g/mol. The summed E-state index contributed by atoms with van der Waals surface area (Å²) in [5.74, 6) is 1.38. The quantitative estimate of drug-likeness (QED) is 0.682. The number of hydrogen-bond donors (Lipinski definition) is 2. The number of nitrogens with zero attached hydrogens (tertiary/aromatic N) is 1. The molecule has 126 valence electrons. The minimum atomic E-state index is -0.329. The summed E-state index contributed by atoms with van der Waals surface area (Å²) < 4.78 is 7.73. The van der Waals surface area contributed by atoms with Crippen molar-refractivity contribution >= 4 is 35.3 Å². The van der Waals surface area contributed by atoms with Crippen molar-refractivity contribution in [3.8, 4) is 11.4 Å². The maximum absolute atomic E-state index is 12.6. The summed E-state index contributed by atoms with van der Waals surface area (Å²) in [6, 6.07) is 17.4. The zero-order valence-electron chi connectivity index (χ0n) is 13.4. The van der Waals surface area contributed by atoms with Crippen LogP contribution in [0.5, 0.6) is 5.75 Å². The second-order valence-electron chi connectivity index (χ2n) is 5.54. The highest BCUT2D eigenvalue weighted by molar-refractivity contribution is 7.73. The lowest BCUT2D eigenvalue weighted by molar-refractivity contribution is 0.0939. The average Bonchev–Trinajstić information content (AvgIpc) is 2.99. The normalized spacial score (nSPS) is 15.9. The molecule has 1 amide bonds. The summed E-state index contributed by atoms with van der Waals surface area (Å²) in [4.78, 5) is 13.2. The van der Waals surface area contributed by atoms with E-state index in [4.69, 9.17) is 17.0 Å². The van der Waals surface area contributed by atoms with Crippen LogP contribution in [0.25, 0.3) is 5.69 Å². The molecule has 2 heterocycles. The summed E-state index contributed by atoms with van der Waals surface area (Å²) in [6.07, 6.45) is -0.329. The van der Waals surface area contributed by atoms with Gasteiger partial charge in [-0.05, 0) is 42.0 Å². The van der Waals surface area contributed by atoms with Crippen LogP contribution in [-0.4, -0.2) is 17.6 Å². The summed E-state index contributed by atoms with van der Waals surface area (Å²) >= 11 is 6.80. The van der Waals surface area contributed by atoms with Gasteiger partial charge in [-0.1, -0.05) is 41.7 Å². The fraction of sp³-hybridized carbons (Fsp3) is 0.111. The van der Waals surface area contributed by atoms with Gasteiger partial charge in [0.05, 0.1) is 7.11 Å². The Balaban J connectivity index is 1.76. The van der Waals surface area contributed by atoms with E-state index >= 15 is 0 Å². The van der Waals surface area contributed by atoms with E-state index in [0.29, 0.717) is 8.83 Å². The highest BCUT2D eigenvalue weighted by atomic mass is 32.1. The molecule has 3 aromatic rings. The van der Waals surface area contributed by atoms with Gasteiger partial charge in [0.1, 0.15) is 22.6 Å². The molecule has 1 aliphatic heterocycles. The molecule has 7 heteroatoms. The molecule has 0 bridgehead atoms. The predicted molar refractivity (Wildman–Crippen MR) is 101 cm³/mol. The van der Waals surface area contributed by atoms with E-state index in [0.717, 1.165) is 22.8 Å². The Morgan fingerprint density at radius 2 is 1.80 bits per heavy atom. The van der Waals surface area contributed by atoms with Crippen molar-refractivity contribution < 1.29 is 9.53 Å². The Labute approximate surface area is 153 Å². The van der Waals surface area contributed by atoms with Gasteiger partial charge in [-0.15, -0.1) is 0 Å². The molecule has 0 spiro atoms. The van der Waals surface area contributed by atoms with Crippen LogP contribution >= 0.6 is 23.6 Å². The van der Waals surface area contributed by atoms with Crippen LogP contribution in [0.1, 0.15) is 21.4 Å². The number of para-hydroxylation sites is 1. The standard InChI is InChI=1S/C18H15N3O2S2/c1-23-13-9-7-11(8-10-13)15-19-16-14(17(22)20-15)25-18(24)21(16)12-5-3-2-4-6-12/h2-10,15,19H,1H3,(H,20,22)/t15-/m0/s1. The number of hydrogen-bond acceptors (Lipinski definition) is 5. The topological polar surface area (TPSA) is 55.3 Å². The fourth-order valence-electron chi connectivity index (χ4n) is 2.80. The number of carbonyl (C=O) groups excluding carboxylic acids is 1. The number of carbonyl (C=O) groups is 1. The van der Waals surface area contributed by atoms with Crippen molar-refractivity contribution in [1.82, 2.24) is 9.88 Å². The molecule has 1 atom stereocenters. The second-order valence-corrected chi connectivity index (χ2v) is 7.18. The molecule has 0 fully saturated rings. The third-order valence-corrected chi connectivity index (χ3v) is 5.41. The first-order valence-electron chi connectivity index (χ1n) is 7.70. The molecule has 2 N–H and O–H groups in total. The van der Waals surface area contributed by atoms with Gasteiger partial charge in [-0.25, -0.2) is 0 Å². The van der Waals surface area contributed by atoms with Gasteiger partial charge >= 0.3 is 0 Å². The molecule has 0 saturated heterocycles. The van der Waals surface area contributed by atoms with Crippen molar-refractivity contribution in [1.29, 1.82) is 0 Å². The highest BCUT2D eigenvalue weighted by Gasteiger charge is 2.29. The lowest BCUT2D eigenvalue weighted by Crippen LogP contribution is -2.38. The van der Waals surface area contributed by atoms with E-state index in [1.165, 1.54) is 11.3 Å². The summed E-state index contributed by atoms with van der Waals surface area (Å²) in [6.45, 7) is 0. The van der Waals surface area contributed by atoms with Crippen LogP contribution in [0.4, 0.5) is 5.82 Å². The van der Waals surface area contributed by atoms with E-state index in [1.54, 1.807) is 7.11 Å². The van der Waals surface area contributed by atoms with Gasteiger partial charge in [0.2, 0.25) is 0 Å². The highest BCUT2D eigenvalue weighted by Crippen LogP contribution is 2.34. The zero-order chi connectivity index (χ0) is 17.4. The van der Waals surface area contributed by atoms with Gasteiger partial charge < -0.3 is 15.4 Å². The van der Waals surface area contributed by atoms with Crippen LogP contribution < -0.4 is 15.4 Å². The number of thiazole rings is 1. The number of amides is 1. The Morgan fingerprint density at radius 1 is 1.08 bits per heavy atom.